The second kappa shape index (κ2) is 5.42. The van der Waals surface area contributed by atoms with Crippen molar-refractivity contribution in [2.24, 2.45) is 5.41 Å². The van der Waals surface area contributed by atoms with Crippen LogP contribution in [0, 0.1) is 5.41 Å². The number of rotatable bonds is 4. The van der Waals surface area contributed by atoms with Gasteiger partial charge in [-0.25, -0.2) is 0 Å². The highest BCUT2D eigenvalue weighted by Gasteiger charge is 2.32. The smallest absolute Gasteiger partial charge is 0.255 e. The lowest BCUT2D eigenvalue weighted by molar-refractivity contribution is 0.0926. The number of hydrogen-bond donors (Lipinski definition) is 2. The van der Waals surface area contributed by atoms with E-state index in [-0.39, 0.29) is 17.1 Å². The number of nitrogens with one attached hydrogen (secondary N) is 1. The van der Waals surface area contributed by atoms with E-state index in [0.29, 0.717) is 5.56 Å². The summed E-state index contributed by atoms with van der Waals surface area (Å²) in [5.41, 5.74) is 0.641. The van der Waals surface area contributed by atoms with Crippen LogP contribution in [-0.2, 0) is 0 Å². The topological polar surface area (TPSA) is 49.3 Å². The van der Waals surface area contributed by atoms with Crippen molar-refractivity contribution in [1.82, 2.24) is 5.32 Å². The van der Waals surface area contributed by atoms with Gasteiger partial charge in [-0.05, 0) is 36.8 Å². The second-order valence-electron chi connectivity index (χ2n) is 5.26. The van der Waals surface area contributed by atoms with E-state index in [2.05, 4.69) is 12.2 Å². The van der Waals surface area contributed by atoms with Crippen LogP contribution in [0.4, 0.5) is 0 Å². The molecule has 2 N–H and O–H groups in total. The molecule has 0 aromatic heterocycles. The fourth-order valence-electron chi connectivity index (χ4n) is 2.81. The fraction of sp³-hybridized carbons (Fsp3) is 0.533. The number of phenols is 1. The highest BCUT2D eigenvalue weighted by atomic mass is 16.3. The van der Waals surface area contributed by atoms with E-state index >= 15 is 0 Å². The van der Waals surface area contributed by atoms with Crippen LogP contribution in [0.2, 0.25) is 0 Å². The lowest BCUT2D eigenvalue weighted by atomic mass is 9.83. The standard InChI is InChI=1S/C15H21NO2/c1-2-15(9-5-6-10-15)11-16-14(18)12-7-3-4-8-13(12)17/h3-4,7-8,17H,2,5-6,9-11H2,1H3,(H,16,18). The summed E-state index contributed by atoms with van der Waals surface area (Å²) in [7, 11) is 0. The first kappa shape index (κ1) is 12.9. The first-order valence-electron chi connectivity index (χ1n) is 6.73. The maximum Gasteiger partial charge on any atom is 0.255 e. The Morgan fingerprint density at radius 1 is 1.33 bits per heavy atom. The van der Waals surface area contributed by atoms with E-state index in [0.717, 1.165) is 13.0 Å². The number of aromatic hydroxyl groups is 1. The first-order valence-corrected chi connectivity index (χ1v) is 6.73. The third-order valence-electron chi connectivity index (χ3n) is 4.19. The number of carbonyl (C=O) groups is 1. The van der Waals surface area contributed by atoms with Crippen LogP contribution in [-0.4, -0.2) is 17.6 Å². The predicted octanol–water partition coefficient (Wildman–Crippen LogP) is 3.09. The SMILES string of the molecule is CCC1(CNC(=O)c2ccccc2O)CCCC1. The van der Waals surface area contributed by atoms with E-state index in [1.807, 2.05) is 0 Å². The minimum atomic E-state index is -0.173. The summed E-state index contributed by atoms with van der Waals surface area (Å²) in [5, 5.41) is 12.6. The Hall–Kier alpha value is -1.51. The zero-order valence-electron chi connectivity index (χ0n) is 10.9. The van der Waals surface area contributed by atoms with Gasteiger partial charge in [-0.15, -0.1) is 0 Å². The summed E-state index contributed by atoms with van der Waals surface area (Å²) in [6.45, 7) is 2.91. The van der Waals surface area contributed by atoms with Crippen LogP contribution in [0.15, 0.2) is 24.3 Å². The van der Waals surface area contributed by atoms with Crippen LogP contribution in [0.3, 0.4) is 0 Å². The molecule has 18 heavy (non-hydrogen) atoms. The third kappa shape index (κ3) is 2.66. The van der Waals surface area contributed by atoms with Crippen molar-refractivity contribution in [3.05, 3.63) is 29.8 Å². The third-order valence-corrected chi connectivity index (χ3v) is 4.19. The summed E-state index contributed by atoms with van der Waals surface area (Å²) in [4.78, 5) is 12.0. The van der Waals surface area contributed by atoms with Crippen molar-refractivity contribution in [3.63, 3.8) is 0 Å². The van der Waals surface area contributed by atoms with Crippen LogP contribution in [0.1, 0.15) is 49.4 Å². The summed E-state index contributed by atoms with van der Waals surface area (Å²) in [6.07, 6.45) is 6.03. The highest BCUT2D eigenvalue weighted by molar-refractivity contribution is 5.96. The molecule has 3 heteroatoms. The molecule has 1 fully saturated rings. The molecule has 0 saturated heterocycles. The number of para-hydroxylation sites is 1. The molecule has 1 aliphatic rings. The molecule has 1 aromatic carbocycles. The zero-order valence-corrected chi connectivity index (χ0v) is 10.9. The first-order chi connectivity index (χ1) is 8.67. The molecule has 0 atom stereocenters. The molecule has 0 heterocycles. The van der Waals surface area contributed by atoms with Gasteiger partial charge < -0.3 is 10.4 Å². The lowest BCUT2D eigenvalue weighted by Gasteiger charge is -2.27. The molecule has 0 aliphatic heterocycles. The molecular formula is C15H21NO2. The molecule has 1 aromatic rings. The van der Waals surface area contributed by atoms with Gasteiger partial charge in [0.25, 0.3) is 5.91 Å². The number of carbonyl (C=O) groups excluding carboxylic acids is 1. The second-order valence-corrected chi connectivity index (χ2v) is 5.26. The van der Waals surface area contributed by atoms with Crippen molar-refractivity contribution >= 4 is 5.91 Å². The monoisotopic (exact) mass is 247 g/mol. The highest BCUT2D eigenvalue weighted by Crippen LogP contribution is 2.40. The van der Waals surface area contributed by atoms with Crippen molar-refractivity contribution < 1.29 is 9.90 Å². The molecule has 1 saturated carbocycles. The quantitative estimate of drug-likeness (QED) is 0.859. The fourth-order valence-corrected chi connectivity index (χ4v) is 2.81. The Morgan fingerprint density at radius 3 is 2.61 bits per heavy atom. The Bertz CT molecular complexity index is 422. The van der Waals surface area contributed by atoms with E-state index in [1.54, 1.807) is 24.3 Å². The van der Waals surface area contributed by atoms with Crippen molar-refractivity contribution in [3.8, 4) is 5.75 Å². The number of phenolic OH excluding ortho intramolecular Hbond substituents is 1. The van der Waals surface area contributed by atoms with Crippen LogP contribution >= 0.6 is 0 Å². The maximum atomic E-state index is 12.0. The molecule has 3 nitrogen and oxygen atoms in total. The molecule has 98 valence electrons. The zero-order chi connectivity index (χ0) is 13.0. The average Bonchev–Trinajstić information content (AvgIpc) is 2.86. The largest absolute Gasteiger partial charge is 0.507 e. The molecular weight excluding hydrogens is 226 g/mol. The van der Waals surface area contributed by atoms with Gasteiger partial charge in [-0.3, -0.25) is 4.79 Å². The molecule has 0 bridgehead atoms. The Balaban J connectivity index is 1.98. The minimum Gasteiger partial charge on any atom is -0.507 e. The van der Waals surface area contributed by atoms with Gasteiger partial charge in [0.1, 0.15) is 5.75 Å². The number of hydrogen-bond acceptors (Lipinski definition) is 2. The summed E-state index contributed by atoms with van der Waals surface area (Å²) >= 11 is 0. The van der Waals surface area contributed by atoms with Crippen LogP contribution in [0.5, 0.6) is 5.75 Å². The summed E-state index contributed by atoms with van der Waals surface area (Å²) < 4.78 is 0. The van der Waals surface area contributed by atoms with E-state index in [4.69, 9.17) is 0 Å². The molecule has 2 rings (SSSR count). The average molecular weight is 247 g/mol. The van der Waals surface area contributed by atoms with E-state index < -0.39 is 0 Å². The molecule has 0 spiro atoms. The lowest BCUT2D eigenvalue weighted by Crippen LogP contribution is -2.35. The van der Waals surface area contributed by atoms with Gasteiger partial charge in [0.15, 0.2) is 0 Å². The van der Waals surface area contributed by atoms with Crippen molar-refractivity contribution in [1.29, 1.82) is 0 Å². The summed E-state index contributed by atoms with van der Waals surface area (Å²) in [6, 6.07) is 6.68. The Morgan fingerprint density at radius 2 is 2.00 bits per heavy atom. The normalized spacial score (nSPS) is 17.6. The van der Waals surface area contributed by atoms with Crippen LogP contribution < -0.4 is 5.32 Å². The van der Waals surface area contributed by atoms with Crippen molar-refractivity contribution in [2.75, 3.05) is 6.54 Å². The number of amides is 1. The Labute approximate surface area is 108 Å². The van der Waals surface area contributed by atoms with Gasteiger partial charge in [0, 0.05) is 6.54 Å². The molecule has 0 radical (unpaired) electrons. The molecule has 0 unspecified atom stereocenters. The van der Waals surface area contributed by atoms with Gasteiger partial charge in [-0.1, -0.05) is 31.9 Å². The Kier molecular flexibility index (Phi) is 3.90. The van der Waals surface area contributed by atoms with Crippen molar-refractivity contribution in [2.45, 2.75) is 39.0 Å². The van der Waals surface area contributed by atoms with Gasteiger partial charge in [0.2, 0.25) is 0 Å². The maximum absolute atomic E-state index is 12.0. The summed E-state index contributed by atoms with van der Waals surface area (Å²) in [5.74, 6) is -0.125. The van der Waals surface area contributed by atoms with E-state index in [9.17, 15) is 9.90 Å². The predicted molar refractivity (Wildman–Crippen MR) is 71.6 cm³/mol. The van der Waals surface area contributed by atoms with E-state index in [1.165, 1.54) is 25.7 Å². The molecule has 1 aliphatic carbocycles. The minimum absolute atomic E-state index is 0.0481. The van der Waals surface area contributed by atoms with Gasteiger partial charge >= 0.3 is 0 Å². The van der Waals surface area contributed by atoms with Crippen LogP contribution in [0.25, 0.3) is 0 Å². The van der Waals surface area contributed by atoms with Gasteiger partial charge in [-0.2, -0.15) is 0 Å². The van der Waals surface area contributed by atoms with Gasteiger partial charge in [0.05, 0.1) is 5.56 Å². The number of benzene rings is 1. The molecule has 1 amide bonds.